The van der Waals surface area contributed by atoms with Gasteiger partial charge in [0.25, 0.3) is 0 Å². The Hall–Kier alpha value is -0.820. The first-order chi connectivity index (χ1) is 13.7. The monoisotopic (exact) mass is 453 g/mol. The lowest BCUT2D eigenvalue weighted by Gasteiger charge is -2.35. The summed E-state index contributed by atoms with van der Waals surface area (Å²) in [5.74, 6) is -2.17. The average molecular weight is 453 g/mol. The molecule has 1 aliphatic heterocycles. The minimum atomic E-state index is -1.60. The largest absolute Gasteiger partial charge is 0.464 e. The Bertz CT molecular complexity index is 582. The van der Waals surface area contributed by atoms with E-state index >= 15 is 0 Å². The van der Waals surface area contributed by atoms with E-state index in [9.17, 15) is 18.7 Å². The van der Waals surface area contributed by atoms with Gasteiger partial charge in [-0.05, 0) is 13.8 Å². The van der Waals surface area contributed by atoms with Crippen molar-refractivity contribution in [2.75, 3.05) is 39.0 Å². The zero-order valence-electron chi connectivity index (χ0n) is 17.6. The summed E-state index contributed by atoms with van der Waals surface area (Å²) in [5.41, 5.74) is 0. The van der Waals surface area contributed by atoms with E-state index in [2.05, 4.69) is 0 Å². The number of ether oxygens (including phenoxy) is 5. The first-order valence-corrected chi connectivity index (χ1v) is 12.2. The van der Waals surface area contributed by atoms with Gasteiger partial charge in [-0.2, -0.15) is 0 Å². The van der Waals surface area contributed by atoms with Gasteiger partial charge in [-0.1, -0.05) is 13.8 Å². The van der Waals surface area contributed by atoms with Crippen molar-refractivity contribution < 1.29 is 42.4 Å². The van der Waals surface area contributed by atoms with E-state index in [1.165, 1.54) is 7.11 Å². The van der Waals surface area contributed by atoms with Crippen molar-refractivity contribution in [2.45, 2.75) is 58.2 Å². The van der Waals surface area contributed by atoms with Crippen LogP contribution >= 0.6 is 16.3 Å². The molecule has 2 fully saturated rings. The molecule has 2 rings (SSSR count). The van der Waals surface area contributed by atoms with Gasteiger partial charge in [0.05, 0.1) is 19.8 Å². The molecular formula is C18H31O9P2. The Kier molecular flexibility index (Phi) is 11.6. The van der Waals surface area contributed by atoms with Crippen LogP contribution in [0.5, 0.6) is 0 Å². The van der Waals surface area contributed by atoms with E-state index in [0.29, 0.717) is 6.16 Å². The van der Waals surface area contributed by atoms with Crippen LogP contribution in [0.1, 0.15) is 34.1 Å². The molecule has 0 aromatic heterocycles. The van der Waals surface area contributed by atoms with Crippen LogP contribution in [0.15, 0.2) is 0 Å². The Balaban J connectivity index is 0.000000960. The fourth-order valence-electron chi connectivity index (χ4n) is 3.05. The molecule has 0 amide bonds. The molecule has 5 atom stereocenters. The third-order valence-corrected chi connectivity index (χ3v) is 5.93. The summed E-state index contributed by atoms with van der Waals surface area (Å²) in [7, 11) is 0.152. The van der Waals surface area contributed by atoms with Crippen LogP contribution in [-0.4, -0.2) is 74.8 Å². The van der Waals surface area contributed by atoms with Crippen LogP contribution in [0, 0.1) is 5.92 Å². The van der Waals surface area contributed by atoms with Crippen LogP contribution in [-0.2, 0) is 42.4 Å². The predicted molar refractivity (Wildman–Crippen MR) is 106 cm³/mol. The predicted octanol–water partition coefficient (Wildman–Crippen LogP) is 2.77. The van der Waals surface area contributed by atoms with Crippen molar-refractivity contribution in [1.29, 1.82) is 0 Å². The molecule has 29 heavy (non-hydrogen) atoms. The summed E-state index contributed by atoms with van der Waals surface area (Å²) >= 11 is 0. The van der Waals surface area contributed by atoms with Crippen molar-refractivity contribution >= 4 is 28.0 Å². The molecule has 1 saturated heterocycles. The molecule has 0 aromatic carbocycles. The molecule has 0 bridgehead atoms. The number of carbonyl (C=O) groups excluding carboxylic acids is 2. The lowest BCUT2D eigenvalue weighted by atomic mass is 9.82. The van der Waals surface area contributed by atoms with Crippen LogP contribution in [0.2, 0.25) is 0 Å². The summed E-state index contributed by atoms with van der Waals surface area (Å²) < 4.78 is 48.1. The van der Waals surface area contributed by atoms with E-state index in [4.69, 9.17) is 23.7 Å². The first kappa shape index (κ1) is 26.2. The summed E-state index contributed by atoms with van der Waals surface area (Å²) in [6.45, 7) is 7.06. The lowest BCUT2D eigenvalue weighted by molar-refractivity contribution is -0.171. The van der Waals surface area contributed by atoms with E-state index in [0.717, 1.165) is 6.16 Å². The van der Waals surface area contributed by atoms with Gasteiger partial charge in [0.1, 0.15) is 37.6 Å². The third kappa shape index (κ3) is 8.44. The van der Waals surface area contributed by atoms with Gasteiger partial charge in [-0.3, -0.25) is 18.7 Å². The summed E-state index contributed by atoms with van der Waals surface area (Å²) in [4.78, 5) is 24.3. The fourth-order valence-corrected chi connectivity index (χ4v) is 3.65. The topological polar surface area (TPSA) is 114 Å². The number of methoxy groups -OCH3 is 1. The fraction of sp³-hybridized carbons (Fsp3) is 0.889. The number of Topliss-reactive ketones (excluding diaryl/α,β-unsaturated/α-hetero) is 1. The Labute approximate surface area is 174 Å². The summed E-state index contributed by atoms with van der Waals surface area (Å²) in [6.07, 6.45) is -0.328. The second-order valence-electron chi connectivity index (χ2n) is 7.04. The molecule has 5 unspecified atom stereocenters. The summed E-state index contributed by atoms with van der Waals surface area (Å²) in [5, 5.41) is 0. The van der Waals surface area contributed by atoms with Crippen LogP contribution in [0.4, 0.5) is 0 Å². The van der Waals surface area contributed by atoms with E-state index < -0.39 is 43.8 Å². The maximum Gasteiger partial charge on any atom is 0.316 e. The van der Waals surface area contributed by atoms with Crippen LogP contribution < -0.4 is 0 Å². The number of fused-ring (bicyclic) bond motifs is 1. The second kappa shape index (κ2) is 12.8. The summed E-state index contributed by atoms with van der Waals surface area (Å²) in [6, 6.07) is 0. The molecule has 1 saturated carbocycles. The zero-order chi connectivity index (χ0) is 22.0. The molecule has 9 nitrogen and oxygen atoms in total. The first-order valence-electron chi connectivity index (χ1n) is 9.54. The Morgan fingerprint density at radius 2 is 1.90 bits per heavy atom. The van der Waals surface area contributed by atoms with Gasteiger partial charge in [-0.15, -0.1) is 0 Å². The number of esters is 1. The molecule has 1 aliphatic carbocycles. The van der Waals surface area contributed by atoms with Crippen LogP contribution in [0.3, 0.4) is 0 Å². The van der Waals surface area contributed by atoms with Crippen molar-refractivity contribution in [1.82, 2.24) is 0 Å². The molecule has 167 valence electrons. The van der Waals surface area contributed by atoms with Gasteiger partial charge in [0.15, 0.2) is 14.2 Å². The number of ketones is 1. The van der Waals surface area contributed by atoms with Crippen molar-refractivity contribution in [3.8, 4) is 0 Å². The van der Waals surface area contributed by atoms with Gasteiger partial charge >= 0.3 is 5.97 Å². The molecule has 0 spiro atoms. The minimum Gasteiger partial charge on any atom is -0.464 e. The number of hydrogen-bond acceptors (Lipinski definition) is 9. The maximum atomic E-state index is 12.5. The van der Waals surface area contributed by atoms with E-state index in [1.807, 2.05) is 6.92 Å². The van der Waals surface area contributed by atoms with Gasteiger partial charge in [0, 0.05) is 25.9 Å². The average Bonchev–Trinajstić information content (AvgIpc) is 3.00. The number of hydrogen-bond donors (Lipinski definition) is 0. The molecule has 0 aromatic rings. The number of carbonyl (C=O) groups is 2. The number of rotatable bonds is 9. The van der Waals surface area contributed by atoms with E-state index in [-0.39, 0.29) is 40.2 Å². The minimum absolute atomic E-state index is 0.0503. The molecular weight excluding hydrogens is 422 g/mol. The molecule has 11 heteroatoms. The van der Waals surface area contributed by atoms with E-state index in [1.54, 1.807) is 20.8 Å². The molecule has 1 heterocycles. The van der Waals surface area contributed by atoms with Gasteiger partial charge < -0.3 is 23.7 Å². The second-order valence-corrected chi connectivity index (χ2v) is 9.84. The van der Waals surface area contributed by atoms with Crippen molar-refractivity contribution in [3.63, 3.8) is 0 Å². The SMILES string of the molecule is CCP=O.CC[P](=O)CC(=O)OCC1C(=O)CC(OCOC)C2OC(C)(C)OC12. The smallest absolute Gasteiger partial charge is 0.316 e. The highest BCUT2D eigenvalue weighted by Crippen LogP contribution is 2.40. The quantitative estimate of drug-likeness (QED) is 0.295. The lowest BCUT2D eigenvalue weighted by Crippen LogP contribution is -2.52. The molecule has 1 radical (unpaired) electrons. The van der Waals surface area contributed by atoms with Gasteiger partial charge in [0.2, 0.25) is 0 Å². The Morgan fingerprint density at radius 3 is 2.45 bits per heavy atom. The van der Waals surface area contributed by atoms with Crippen LogP contribution in [0.25, 0.3) is 0 Å². The highest BCUT2D eigenvalue weighted by atomic mass is 31.1. The highest BCUT2D eigenvalue weighted by molar-refractivity contribution is 7.45. The normalized spacial score (nSPS) is 28.3. The van der Waals surface area contributed by atoms with Crippen molar-refractivity contribution in [2.24, 2.45) is 5.92 Å². The maximum absolute atomic E-state index is 12.5. The highest BCUT2D eigenvalue weighted by Gasteiger charge is 2.54. The molecule has 0 N–H and O–H groups in total. The van der Waals surface area contributed by atoms with Gasteiger partial charge in [-0.25, -0.2) is 0 Å². The standard InChI is InChI=1S/C16H26O8P.C2H5OP/c1-5-25(19)8-13(18)21-7-10-11(17)6-12(22-9-20-4)15-14(10)23-16(2,3)24-15;1-2-4-3/h10,12,14-15H,5-9H2,1-4H3;2H2,1H3. The molecule has 2 aliphatic rings. The third-order valence-electron chi connectivity index (χ3n) is 4.35. The van der Waals surface area contributed by atoms with Crippen molar-refractivity contribution in [3.05, 3.63) is 0 Å². The Morgan fingerprint density at radius 1 is 1.28 bits per heavy atom. The zero-order valence-corrected chi connectivity index (χ0v) is 19.4.